The number of amides is 3. The number of hydrogen-bond acceptors (Lipinski definition) is 5. The fourth-order valence-electron chi connectivity index (χ4n) is 0.733. The third kappa shape index (κ3) is 2.65. The highest BCUT2D eigenvalue weighted by molar-refractivity contribution is 7.80. The Morgan fingerprint density at radius 3 is 2.54 bits per heavy atom. The molecule has 74 valence electrons. The van der Waals surface area contributed by atoms with Gasteiger partial charge in [0.15, 0.2) is 0 Å². The van der Waals surface area contributed by atoms with Crippen LogP contribution in [0.2, 0.25) is 0 Å². The van der Waals surface area contributed by atoms with Gasteiger partial charge < -0.3 is 5.32 Å². The topological polar surface area (TPSA) is 113 Å². The molecule has 1 saturated heterocycles. The van der Waals surface area contributed by atoms with Crippen molar-refractivity contribution in [2.45, 2.75) is 6.42 Å². The van der Waals surface area contributed by atoms with Crippen molar-refractivity contribution < 1.29 is 26.8 Å². The van der Waals surface area contributed by atoms with Gasteiger partial charge in [0, 0.05) is 13.0 Å². The minimum Gasteiger partial charge on any atom is -0.335 e. The Morgan fingerprint density at radius 2 is 2.08 bits per heavy atom. The van der Waals surface area contributed by atoms with Gasteiger partial charge in [-0.1, -0.05) is 0 Å². The number of hydroxylamine groups is 2. The summed E-state index contributed by atoms with van der Waals surface area (Å²) in [5.41, 5.74) is 0. The molecule has 0 saturated carbocycles. The molecule has 1 rings (SSSR count). The highest BCUT2D eigenvalue weighted by Gasteiger charge is 2.30. The minimum absolute atomic E-state index is 0.0428. The molecule has 0 bridgehead atoms. The Bertz CT molecular complexity index is 319. The maximum atomic E-state index is 10.8. The lowest BCUT2D eigenvalue weighted by Gasteiger charge is -2.21. The number of carbonyl (C=O) groups is 2. The standard InChI is InChI=1S/C4H6N2O6S/c7-3-1-2-5-4(8)6(3)12-13(9,10)11/h1-2H2,(H,5,8)(H,9,10,11). The van der Waals surface area contributed by atoms with Crippen molar-refractivity contribution in [2.24, 2.45) is 0 Å². The van der Waals surface area contributed by atoms with E-state index in [0.29, 0.717) is 0 Å². The maximum absolute atomic E-state index is 10.8. The number of carbonyl (C=O) groups excluding carboxylic acids is 2. The summed E-state index contributed by atoms with van der Waals surface area (Å²) in [6.45, 7) is 0.114. The predicted octanol–water partition coefficient (Wildman–Crippen LogP) is -1.34. The van der Waals surface area contributed by atoms with Gasteiger partial charge in [-0.05, 0) is 0 Å². The van der Waals surface area contributed by atoms with Gasteiger partial charge >= 0.3 is 16.4 Å². The lowest BCUT2D eigenvalue weighted by Crippen LogP contribution is -2.50. The Balaban J connectivity index is 2.76. The van der Waals surface area contributed by atoms with Gasteiger partial charge in [-0.3, -0.25) is 9.35 Å². The molecule has 1 aliphatic rings. The van der Waals surface area contributed by atoms with E-state index in [1.54, 1.807) is 0 Å². The summed E-state index contributed by atoms with van der Waals surface area (Å²) >= 11 is 0. The first kappa shape index (κ1) is 9.89. The molecular weight excluding hydrogens is 204 g/mol. The zero-order valence-corrected chi connectivity index (χ0v) is 7.07. The third-order valence-electron chi connectivity index (χ3n) is 1.19. The number of hydrogen-bond donors (Lipinski definition) is 2. The molecule has 1 heterocycles. The molecule has 0 unspecified atom stereocenters. The summed E-state index contributed by atoms with van der Waals surface area (Å²) in [6.07, 6.45) is -0.0821. The molecular formula is C4H6N2O6S. The van der Waals surface area contributed by atoms with Crippen molar-refractivity contribution in [1.82, 2.24) is 10.4 Å². The van der Waals surface area contributed by atoms with E-state index >= 15 is 0 Å². The van der Waals surface area contributed by atoms with Crippen molar-refractivity contribution in [3.63, 3.8) is 0 Å². The Morgan fingerprint density at radius 1 is 1.46 bits per heavy atom. The Kier molecular flexibility index (Phi) is 2.50. The molecule has 8 nitrogen and oxygen atoms in total. The molecule has 13 heavy (non-hydrogen) atoms. The fourth-order valence-corrected chi connectivity index (χ4v) is 1.07. The lowest BCUT2D eigenvalue weighted by molar-refractivity contribution is -0.149. The molecule has 0 aromatic rings. The van der Waals surface area contributed by atoms with Gasteiger partial charge in [0.25, 0.3) is 5.91 Å². The van der Waals surface area contributed by atoms with Crippen LogP contribution in [0.3, 0.4) is 0 Å². The van der Waals surface area contributed by atoms with E-state index in [9.17, 15) is 18.0 Å². The third-order valence-corrected chi connectivity index (χ3v) is 1.53. The van der Waals surface area contributed by atoms with Crippen LogP contribution in [-0.2, 0) is 19.5 Å². The molecule has 0 aliphatic carbocycles. The first-order chi connectivity index (χ1) is 5.90. The van der Waals surface area contributed by atoms with Crippen molar-refractivity contribution in [2.75, 3.05) is 6.54 Å². The van der Waals surface area contributed by atoms with Crippen molar-refractivity contribution in [3.8, 4) is 0 Å². The molecule has 0 aromatic carbocycles. The number of nitrogens with one attached hydrogen (secondary N) is 1. The summed E-state index contributed by atoms with van der Waals surface area (Å²) < 4.78 is 32.2. The summed E-state index contributed by atoms with van der Waals surface area (Å²) in [4.78, 5) is 21.6. The normalized spacial score (nSPS) is 18.7. The summed E-state index contributed by atoms with van der Waals surface area (Å²) in [7, 11) is -4.85. The van der Waals surface area contributed by atoms with Crippen LogP contribution in [0.25, 0.3) is 0 Å². The van der Waals surface area contributed by atoms with Gasteiger partial charge in [0.05, 0.1) is 0 Å². The van der Waals surface area contributed by atoms with Crippen LogP contribution in [0.4, 0.5) is 4.79 Å². The smallest absolute Gasteiger partial charge is 0.335 e. The van der Waals surface area contributed by atoms with Gasteiger partial charge in [-0.15, -0.1) is 9.35 Å². The van der Waals surface area contributed by atoms with E-state index < -0.39 is 22.3 Å². The lowest BCUT2D eigenvalue weighted by atomic mass is 10.3. The Hall–Kier alpha value is -1.19. The largest absolute Gasteiger partial charge is 0.419 e. The monoisotopic (exact) mass is 210 g/mol. The molecule has 0 atom stereocenters. The van der Waals surface area contributed by atoms with E-state index in [4.69, 9.17) is 4.55 Å². The van der Waals surface area contributed by atoms with Crippen LogP contribution in [0.1, 0.15) is 6.42 Å². The molecule has 1 aliphatic heterocycles. The number of imide groups is 1. The van der Waals surface area contributed by atoms with Crippen molar-refractivity contribution in [3.05, 3.63) is 0 Å². The fraction of sp³-hybridized carbons (Fsp3) is 0.500. The average molecular weight is 210 g/mol. The quantitative estimate of drug-likeness (QED) is 0.545. The van der Waals surface area contributed by atoms with Gasteiger partial charge in [-0.25, -0.2) is 4.79 Å². The SMILES string of the molecule is O=C1CCNC(=O)N1OS(=O)(=O)O. The maximum Gasteiger partial charge on any atom is 0.419 e. The van der Waals surface area contributed by atoms with Crippen molar-refractivity contribution >= 4 is 22.3 Å². The van der Waals surface area contributed by atoms with Crippen LogP contribution < -0.4 is 5.32 Å². The average Bonchev–Trinajstić information content (AvgIpc) is 1.95. The second-order valence-corrected chi connectivity index (χ2v) is 3.18. The second kappa shape index (κ2) is 3.28. The van der Waals surface area contributed by atoms with Crippen LogP contribution in [0.15, 0.2) is 0 Å². The molecule has 0 aromatic heterocycles. The van der Waals surface area contributed by atoms with Crippen LogP contribution in [0.5, 0.6) is 0 Å². The highest BCUT2D eigenvalue weighted by atomic mass is 32.3. The number of rotatable bonds is 2. The molecule has 2 N–H and O–H groups in total. The van der Waals surface area contributed by atoms with Crippen LogP contribution >= 0.6 is 0 Å². The Labute approximate surface area is 73.4 Å². The number of urea groups is 1. The molecule has 1 fully saturated rings. The predicted molar refractivity (Wildman–Crippen MR) is 37.5 cm³/mol. The zero-order valence-electron chi connectivity index (χ0n) is 6.26. The van der Waals surface area contributed by atoms with Gasteiger partial charge in [0.1, 0.15) is 0 Å². The number of nitrogens with zero attached hydrogens (tertiary/aromatic N) is 1. The molecule has 0 spiro atoms. The zero-order chi connectivity index (χ0) is 10.1. The summed E-state index contributed by atoms with van der Waals surface area (Å²) in [5, 5.41) is 2.11. The van der Waals surface area contributed by atoms with E-state index in [2.05, 4.69) is 9.60 Å². The highest BCUT2D eigenvalue weighted by Crippen LogP contribution is 2.04. The summed E-state index contributed by atoms with van der Waals surface area (Å²) in [6, 6.07) is -1.02. The summed E-state index contributed by atoms with van der Waals surface area (Å²) in [5.74, 6) is -0.832. The van der Waals surface area contributed by atoms with Gasteiger partial charge in [0.2, 0.25) is 0 Å². The molecule has 0 radical (unpaired) electrons. The van der Waals surface area contributed by atoms with E-state index in [1.807, 2.05) is 0 Å². The van der Waals surface area contributed by atoms with Crippen LogP contribution in [-0.4, -0.2) is 36.5 Å². The van der Waals surface area contributed by atoms with E-state index in [-0.39, 0.29) is 18.0 Å². The second-order valence-electron chi connectivity index (χ2n) is 2.17. The van der Waals surface area contributed by atoms with Crippen LogP contribution in [0, 0.1) is 0 Å². The van der Waals surface area contributed by atoms with Gasteiger partial charge in [-0.2, -0.15) is 8.42 Å². The first-order valence-electron chi connectivity index (χ1n) is 3.18. The minimum atomic E-state index is -4.85. The van der Waals surface area contributed by atoms with Crippen molar-refractivity contribution in [1.29, 1.82) is 0 Å². The molecule has 3 amide bonds. The van der Waals surface area contributed by atoms with E-state index in [1.165, 1.54) is 0 Å². The van der Waals surface area contributed by atoms with E-state index in [0.717, 1.165) is 0 Å². The molecule has 9 heteroatoms. The first-order valence-corrected chi connectivity index (χ1v) is 4.54.